The maximum Gasteiger partial charge on any atom is 0.410 e. The Morgan fingerprint density at radius 1 is 0.532 bits per heavy atom. The number of nitriles is 1. The van der Waals surface area contributed by atoms with Crippen molar-refractivity contribution in [1.82, 2.24) is 34.7 Å². The number of ether oxygens (including phenoxy) is 2. The average molecular weight is 1290 g/mol. The zero-order chi connectivity index (χ0) is 66.8. The van der Waals surface area contributed by atoms with E-state index < -0.39 is 28.9 Å². The van der Waals surface area contributed by atoms with Crippen LogP contribution in [-0.2, 0) is 45.2 Å². The first-order valence-electron chi connectivity index (χ1n) is 33.3. The topological polar surface area (TPSA) is 296 Å². The number of aliphatic carboxylic acids is 1. The number of Topliss-reactive ketones (excluding diaryl/α,β-unsaturated/α-hetero) is 1. The Kier molecular flexibility index (Phi) is 27.1. The number of ketones is 1. The number of amides is 3. The fraction of sp³-hybridized carbons (Fsp3) is 0.493. The lowest BCUT2D eigenvalue weighted by molar-refractivity contribution is -0.140. The van der Waals surface area contributed by atoms with E-state index in [2.05, 4.69) is 116 Å². The summed E-state index contributed by atoms with van der Waals surface area (Å²) >= 11 is 0. The van der Waals surface area contributed by atoms with Crippen molar-refractivity contribution < 1.29 is 48.8 Å². The van der Waals surface area contributed by atoms with Gasteiger partial charge in [-0.15, -0.1) is 0 Å². The molecule has 5 aromatic carbocycles. The normalized spacial score (nSPS) is 20.0. The summed E-state index contributed by atoms with van der Waals surface area (Å²) < 4.78 is 11.1. The monoisotopic (exact) mass is 1290 g/mol. The summed E-state index contributed by atoms with van der Waals surface area (Å²) in [4.78, 5) is 70.3. The van der Waals surface area contributed by atoms with Crippen molar-refractivity contribution in [2.24, 2.45) is 11.5 Å². The van der Waals surface area contributed by atoms with Crippen LogP contribution in [0.3, 0.4) is 0 Å². The summed E-state index contributed by atoms with van der Waals surface area (Å²) in [6.45, 7) is 13.6. The predicted molar refractivity (Wildman–Crippen MR) is 360 cm³/mol. The number of likely N-dealkylation sites (tertiary alicyclic amines) is 5. The Morgan fingerprint density at radius 2 is 0.926 bits per heavy atom. The van der Waals surface area contributed by atoms with Crippen LogP contribution in [0.1, 0.15) is 128 Å². The largest absolute Gasteiger partial charge is 0.480 e. The van der Waals surface area contributed by atoms with Crippen LogP contribution in [0, 0.1) is 16.7 Å². The number of nitrogens with zero attached hydrogens (tertiary/aromatic N) is 7. The first-order valence-corrected chi connectivity index (χ1v) is 33.3. The first kappa shape index (κ1) is 71.8. The lowest BCUT2D eigenvalue weighted by Crippen LogP contribution is -2.56. The fourth-order valence-corrected chi connectivity index (χ4v) is 13.1. The van der Waals surface area contributed by atoms with Gasteiger partial charge in [-0.3, -0.25) is 44.3 Å². The fourth-order valence-electron chi connectivity index (χ4n) is 13.1. The van der Waals surface area contributed by atoms with E-state index in [-0.39, 0.29) is 36.4 Å². The first-order chi connectivity index (χ1) is 45.3. The van der Waals surface area contributed by atoms with Crippen molar-refractivity contribution in [3.63, 3.8) is 0 Å². The SMILES string of the molecule is N#CCC1(O)CCN(Cc2ccccc2)CC1.N=C(N)c1ccc(C(=O)N2CCC3(CCN(CC(=O)O)C(=O)O3)CC2)cc1.NCCC1(O)CCN(Cc2ccccc2)CC1.O=C1CCN(Cc2ccccc2)CC1.O=C1NCCC2(CCN(Cc3ccccc3)CC2)O1. The van der Waals surface area contributed by atoms with E-state index in [0.717, 1.165) is 136 Å². The van der Waals surface area contributed by atoms with Crippen molar-refractivity contribution in [3.8, 4) is 6.07 Å². The van der Waals surface area contributed by atoms with E-state index in [9.17, 15) is 34.2 Å². The van der Waals surface area contributed by atoms with Gasteiger partial charge in [0.1, 0.15) is 29.4 Å². The van der Waals surface area contributed by atoms with Gasteiger partial charge in [0, 0.05) is 167 Å². The number of alkyl carbamates (subject to hydrolysis) is 1. The number of amidine groups is 1. The Labute approximate surface area is 554 Å². The number of nitrogens with one attached hydrogen (secondary N) is 2. The molecule has 0 unspecified atom stereocenters. The third-order valence-electron chi connectivity index (χ3n) is 19.1. The van der Waals surface area contributed by atoms with Crippen molar-refractivity contribution >= 4 is 35.7 Å². The van der Waals surface area contributed by atoms with E-state index in [4.69, 9.17) is 36.7 Å². The highest BCUT2D eigenvalue weighted by atomic mass is 16.6. The maximum absolute atomic E-state index is 12.6. The summed E-state index contributed by atoms with van der Waals surface area (Å²) in [6.07, 6.45) is 9.13. The van der Waals surface area contributed by atoms with E-state index >= 15 is 0 Å². The van der Waals surface area contributed by atoms with Crippen LogP contribution in [-0.4, -0.2) is 194 Å². The van der Waals surface area contributed by atoms with E-state index in [1.807, 2.05) is 36.4 Å². The van der Waals surface area contributed by atoms with Gasteiger partial charge in [0.15, 0.2) is 0 Å². The van der Waals surface area contributed by atoms with Gasteiger partial charge in [0.05, 0.1) is 23.7 Å². The molecule has 0 aromatic heterocycles. The second kappa shape index (κ2) is 35.4. The summed E-state index contributed by atoms with van der Waals surface area (Å²) in [6, 6.07) is 50.4. The molecule has 0 atom stereocenters. The quantitative estimate of drug-likeness (QED) is 0.0384. The van der Waals surface area contributed by atoms with Crippen molar-refractivity contribution in [3.05, 3.63) is 179 Å². The minimum atomic E-state index is -1.07. The lowest BCUT2D eigenvalue weighted by Gasteiger charge is -2.45. The van der Waals surface area contributed by atoms with Crippen LogP contribution in [0.25, 0.3) is 0 Å². The Hall–Kier alpha value is -8.07. The zero-order valence-electron chi connectivity index (χ0n) is 54.5. The van der Waals surface area contributed by atoms with Gasteiger partial charge >= 0.3 is 18.2 Å². The molecule has 12 rings (SSSR count). The van der Waals surface area contributed by atoms with E-state index in [1.165, 1.54) is 27.2 Å². The summed E-state index contributed by atoms with van der Waals surface area (Å²) in [7, 11) is 0. The second-order valence-electron chi connectivity index (χ2n) is 26.1. The number of nitrogen functional groups attached to an aromatic ring is 1. The number of carboxylic acids is 1. The molecule has 0 bridgehead atoms. The van der Waals surface area contributed by atoms with Crippen LogP contribution in [0.2, 0.25) is 0 Å². The molecule has 7 aliphatic rings. The molecule has 0 radical (unpaired) electrons. The Balaban J connectivity index is 0.000000154. The molecule has 94 heavy (non-hydrogen) atoms. The van der Waals surface area contributed by atoms with Crippen molar-refractivity contribution in [1.29, 1.82) is 10.7 Å². The molecule has 7 heterocycles. The molecule has 7 aliphatic heterocycles. The third-order valence-corrected chi connectivity index (χ3v) is 19.1. The zero-order valence-corrected chi connectivity index (χ0v) is 54.5. The minimum Gasteiger partial charge on any atom is -0.480 e. The van der Waals surface area contributed by atoms with E-state index in [0.29, 0.717) is 75.2 Å². The molecule has 21 nitrogen and oxygen atoms in total. The molecule has 504 valence electrons. The van der Waals surface area contributed by atoms with Gasteiger partial charge in [0.25, 0.3) is 5.91 Å². The molecule has 7 saturated heterocycles. The molecule has 5 aromatic rings. The molecule has 3 amide bonds. The summed E-state index contributed by atoms with van der Waals surface area (Å²) in [5.41, 5.74) is 15.3. The molecular weight excluding hydrogens is 1190 g/mol. The number of rotatable bonds is 15. The van der Waals surface area contributed by atoms with Crippen molar-refractivity contribution in [2.45, 2.75) is 138 Å². The number of benzene rings is 5. The number of carbonyl (C=O) groups is 5. The Bertz CT molecular complexity index is 3210. The number of hydrogen-bond acceptors (Lipinski definition) is 16. The molecule has 9 N–H and O–H groups in total. The lowest BCUT2D eigenvalue weighted by atomic mass is 9.86. The maximum atomic E-state index is 12.6. The predicted octanol–water partition coefficient (Wildman–Crippen LogP) is 8.16. The molecule has 7 fully saturated rings. The third kappa shape index (κ3) is 22.9. The molecule has 0 aliphatic carbocycles. The second-order valence-corrected chi connectivity index (χ2v) is 26.1. The van der Waals surface area contributed by atoms with Gasteiger partial charge in [-0.1, -0.05) is 133 Å². The molecule has 21 heteroatoms. The van der Waals surface area contributed by atoms with Gasteiger partial charge in [0.2, 0.25) is 0 Å². The number of nitrogens with two attached hydrogens (primary N) is 2. The number of carboxylic acid groups (broad SMARTS) is 1. The number of piperidine rings is 5. The summed E-state index contributed by atoms with van der Waals surface area (Å²) in [5.74, 6) is -0.826. The van der Waals surface area contributed by atoms with Gasteiger partial charge in [-0.05, 0) is 73.0 Å². The van der Waals surface area contributed by atoms with Gasteiger partial charge in [-0.2, -0.15) is 5.26 Å². The highest BCUT2D eigenvalue weighted by Gasteiger charge is 2.45. The van der Waals surface area contributed by atoms with E-state index in [1.54, 1.807) is 29.2 Å². The van der Waals surface area contributed by atoms with Crippen LogP contribution in [0.5, 0.6) is 0 Å². The van der Waals surface area contributed by atoms with Crippen LogP contribution < -0.4 is 16.8 Å². The number of carbonyl (C=O) groups excluding carboxylic acids is 4. The van der Waals surface area contributed by atoms with Crippen LogP contribution in [0.4, 0.5) is 9.59 Å². The molecular formula is C73H97N11O10. The average Bonchev–Trinajstić information content (AvgIpc) is 0.809. The van der Waals surface area contributed by atoms with Crippen LogP contribution >= 0.6 is 0 Å². The molecule has 2 spiro atoms. The van der Waals surface area contributed by atoms with Gasteiger partial charge < -0.3 is 46.5 Å². The highest BCUT2D eigenvalue weighted by molar-refractivity contribution is 5.98. The Morgan fingerprint density at radius 3 is 1.33 bits per heavy atom. The molecule has 0 saturated carbocycles. The van der Waals surface area contributed by atoms with Gasteiger partial charge in [-0.25, -0.2) is 9.59 Å². The minimum absolute atomic E-state index is 0.0510. The standard InChI is InChI=1S/C18H22N4O5.C15H20N2O2.C14H22N2O.C14H18N2O.C12H15NO/c19-15(20)12-1-3-13(4-2-12)16(25)21-8-5-18(6-9-21)7-10-22(11-14(23)24)17(26)27-18;18-14-16-9-6-15(19-14)7-10-17(11-8-15)12-13-4-2-1-3-5-13;2*15-9-6-14(17)7-10-16(11-8-14)12-13-4-2-1-3-5-13;14-12-6-8-13(9-7-12)10-11-4-2-1-3-5-11/h1-4H,5-11H2,(H3,19,20)(H,23,24);1-5H,6-12H2,(H,16,18);1-5,17H,6-12,15H2;1-5,17H,6-8,10-12H2;1-5H,6-10H2. The number of hydrogen-bond donors (Lipinski definition) is 7. The van der Waals surface area contributed by atoms with Crippen LogP contribution in [0.15, 0.2) is 146 Å². The summed E-state index contributed by atoms with van der Waals surface area (Å²) in [5, 5.41) is 48.0. The highest BCUT2D eigenvalue weighted by Crippen LogP contribution is 2.36. The number of aliphatic hydroxyl groups is 2. The smallest absolute Gasteiger partial charge is 0.410 e. The van der Waals surface area contributed by atoms with Crippen molar-refractivity contribution in [2.75, 3.05) is 91.6 Å².